The first-order chi connectivity index (χ1) is 9.65. The Morgan fingerprint density at radius 2 is 1.95 bits per heavy atom. The standard InChI is InChI=1S/C16H21FN2O/c1-12-10-18-9-3-2-4-15(18)11-19(12)16(20)13-5-7-14(17)8-6-13/h5-8,12,15H,2-4,9-11H2,1H3. The summed E-state index contributed by atoms with van der Waals surface area (Å²) in [6, 6.07) is 6.60. The number of hydrogen-bond donors (Lipinski definition) is 0. The van der Waals surface area contributed by atoms with Crippen LogP contribution in [-0.4, -0.2) is 47.4 Å². The lowest BCUT2D eigenvalue weighted by Gasteiger charge is -2.47. The molecule has 2 heterocycles. The van der Waals surface area contributed by atoms with Gasteiger partial charge in [-0.1, -0.05) is 6.42 Å². The molecule has 0 N–H and O–H groups in total. The normalized spacial score (nSPS) is 27.2. The van der Waals surface area contributed by atoms with Gasteiger partial charge in [0.15, 0.2) is 0 Å². The van der Waals surface area contributed by atoms with Crippen molar-refractivity contribution in [2.45, 2.75) is 38.3 Å². The molecule has 2 aliphatic heterocycles. The van der Waals surface area contributed by atoms with Crippen LogP contribution in [-0.2, 0) is 0 Å². The Balaban J connectivity index is 1.75. The average Bonchev–Trinajstić information content (AvgIpc) is 2.46. The lowest BCUT2D eigenvalue weighted by Crippen LogP contribution is -2.60. The summed E-state index contributed by atoms with van der Waals surface area (Å²) in [7, 11) is 0. The molecule has 1 amide bonds. The summed E-state index contributed by atoms with van der Waals surface area (Å²) < 4.78 is 13.0. The van der Waals surface area contributed by atoms with Gasteiger partial charge in [-0.15, -0.1) is 0 Å². The van der Waals surface area contributed by atoms with Crippen molar-refractivity contribution >= 4 is 5.91 Å². The number of nitrogens with zero attached hydrogens (tertiary/aromatic N) is 2. The highest BCUT2D eigenvalue weighted by Crippen LogP contribution is 2.25. The second kappa shape index (κ2) is 5.52. The number of fused-ring (bicyclic) bond motifs is 1. The Kier molecular flexibility index (Phi) is 3.74. The van der Waals surface area contributed by atoms with Crippen LogP contribution in [0.5, 0.6) is 0 Å². The maximum Gasteiger partial charge on any atom is 0.254 e. The molecule has 2 fully saturated rings. The van der Waals surface area contributed by atoms with E-state index in [1.54, 1.807) is 12.1 Å². The molecule has 0 aliphatic carbocycles. The zero-order chi connectivity index (χ0) is 14.1. The third kappa shape index (κ3) is 2.57. The summed E-state index contributed by atoms with van der Waals surface area (Å²) in [5, 5.41) is 0. The minimum Gasteiger partial charge on any atom is -0.333 e. The van der Waals surface area contributed by atoms with Gasteiger partial charge in [-0.3, -0.25) is 9.69 Å². The van der Waals surface area contributed by atoms with Gasteiger partial charge in [0.1, 0.15) is 5.82 Å². The van der Waals surface area contributed by atoms with Gasteiger partial charge in [0, 0.05) is 30.7 Å². The van der Waals surface area contributed by atoms with Gasteiger partial charge in [-0.25, -0.2) is 4.39 Å². The molecule has 3 nitrogen and oxygen atoms in total. The molecule has 108 valence electrons. The maximum absolute atomic E-state index is 13.0. The first-order valence-corrected chi connectivity index (χ1v) is 7.46. The number of rotatable bonds is 1. The van der Waals surface area contributed by atoms with Gasteiger partial charge < -0.3 is 4.90 Å². The number of halogens is 1. The molecule has 0 bridgehead atoms. The van der Waals surface area contributed by atoms with Crippen LogP contribution in [0.2, 0.25) is 0 Å². The third-order valence-corrected chi connectivity index (χ3v) is 4.54. The fraction of sp³-hybridized carbons (Fsp3) is 0.562. The first-order valence-electron chi connectivity index (χ1n) is 7.46. The third-order valence-electron chi connectivity index (χ3n) is 4.54. The van der Waals surface area contributed by atoms with Crippen LogP contribution in [0.15, 0.2) is 24.3 Å². The number of piperazine rings is 1. The van der Waals surface area contributed by atoms with Crippen LogP contribution in [0.3, 0.4) is 0 Å². The van der Waals surface area contributed by atoms with Crippen molar-refractivity contribution in [3.05, 3.63) is 35.6 Å². The van der Waals surface area contributed by atoms with Gasteiger partial charge in [0.05, 0.1) is 0 Å². The fourth-order valence-corrected chi connectivity index (χ4v) is 3.39. The van der Waals surface area contributed by atoms with E-state index in [9.17, 15) is 9.18 Å². The smallest absolute Gasteiger partial charge is 0.254 e. The van der Waals surface area contributed by atoms with Crippen LogP contribution < -0.4 is 0 Å². The van der Waals surface area contributed by atoms with Crippen LogP contribution in [0, 0.1) is 5.82 Å². The van der Waals surface area contributed by atoms with Crippen molar-refractivity contribution in [3.8, 4) is 0 Å². The van der Waals surface area contributed by atoms with Crippen molar-refractivity contribution in [1.29, 1.82) is 0 Å². The van der Waals surface area contributed by atoms with E-state index < -0.39 is 0 Å². The van der Waals surface area contributed by atoms with Gasteiger partial charge >= 0.3 is 0 Å². The molecule has 2 unspecified atom stereocenters. The Morgan fingerprint density at radius 3 is 2.70 bits per heavy atom. The molecule has 1 aromatic rings. The molecule has 2 saturated heterocycles. The number of carbonyl (C=O) groups is 1. The van der Waals surface area contributed by atoms with Crippen LogP contribution in [0.1, 0.15) is 36.5 Å². The quantitative estimate of drug-likeness (QED) is 0.787. The minimum atomic E-state index is -0.299. The highest BCUT2D eigenvalue weighted by Gasteiger charge is 2.35. The number of carbonyl (C=O) groups excluding carboxylic acids is 1. The van der Waals surface area contributed by atoms with Crippen LogP contribution in [0.4, 0.5) is 4.39 Å². The summed E-state index contributed by atoms with van der Waals surface area (Å²) in [6.07, 6.45) is 3.71. The van der Waals surface area contributed by atoms with Gasteiger partial charge in [0.2, 0.25) is 0 Å². The summed E-state index contributed by atoms with van der Waals surface area (Å²) in [4.78, 5) is 17.1. The molecule has 0 spiro atoms. The lowest BCUT2D eigenvalue weighted by atomic mass is 9.96. The Hall–Kier alpha value is -1.42. The molecule has 0 saturated carbocycles. The highest BCUT2D eigenvalue weighted by molar-refractivity contribution is 5.94. The van der Waals surface area contributed by atoms with E-state index in [0.29, 0.717) is 11.6 Å². The van der Waals surface area contributed by atoms with E-state index in [1.165, 1.54) is 31.4 Å². The number of piperidine rings is 1. The topological polar surface area (TPSA) is 23.6 Å². The molecule has 2 aliphatic rings. The number of benzene rings is 1. The van der Waals surface area contributed by atoms with Crippen LogP contribution >= 0.6 is 0 Å². The molecule has 1 aromatic carbocycles. The predicted octanol–water partition coefficient (Wildman–Crippen LogP) is 2.52. The Labute approximate surface area is 119 Å². The van der Waals surface area contributed by atoms with Crippen molar-refractivity contribution in [2.75, 3.05) is 19.6 Å². The molecule has 20 heavy (non-hydrogen) atoms. The maximum atomic E-state index is 13.0. The second-order valence-electron chi connectivity index (χ2n) is 5.96. The van der Waals surface area contributed by atoms with E-state index in [0.717, 1.165) is 19.6 Å². The van der Waals surface area contributed by atoms with Crippen molar-refractivity contribution < 1.29 is 9.18 Å². The SMILES string of the molecule is CC1CN2CCCCC2CN1C(=O)c1ccc(F)cc1. The first kappa shape index (κ1) is 13.6. The zero-order valence-corrected chi connectivity index (χ0v) is 11.9. The van der Waals surface area contributed by atoms with Crippen molar-refractivity contribution in [2.24, 2.45) is 0 Å². The molecule has 0 aromatic heterocycles. The molecule has 3 rings (SSSR count). The predicted molar refractivity (Wildman–Crippen MR) is 76.1 cm³/mol. The van der Waals surface area contributed by atoms with E-state index >= 15 is 0 Å². The summed E-state index contributed by atoms with van der Waals surface area (Å²) in [5.41, 5.74) is 0.586. The zero-order valence-electron chi connectivity index (χ0n) is 11.9. The molecule has 4 heteroatoms. The minimum absolute atomic E-state index is 0.0303. The van der Waals surface area contributed by atoms with Gasteiger partial charge in [0.25, 0.3) is 5.91 Å². The molecule has 0 radical (unpaired) electrons. The van der Waals surface area contributed by atoms with Gasteiger partial charge in [-0.2, -0.15) is 0 Å². The Morgan fingerprint density at radius 1 is 1.20 bits per heavy atom. The van der Waals surface area contributed by atoms with Crippen molar-refractivity contribution in [1.82, 2.24) is 9.80 Å². The average molecular weight is 276 g/mol. The van der Waals surface area contributed by atoms with Gasteiger partial charge in [-0.05, 0) is 50.6 Å². The number of hydrogen-bond acceptors (Lipinski definition) is 2. The van der Waals surface area contributed by atoms with E-state index in [-0.39, 0.29) is 17.8 Å². The summed E-state index contributed by atoms with van der Waals surface area (Å²) in [6.45, 7) is 5.02. The summed E-state index contributed by atoms with van der Waals surface area (Å²) in [5.74, 6) is -0.269. The molecule has 2 atom stereocenters. The van der Waals surface area contributed by atoms with E-state index in [2.05, 4.69) is 11.8 Å². The fourth-order valence-electron chi connectivity index (χ4n) is 3.39. The van der Waals surface area contributed by atoms with Crippen LogP contribution in [0.25, 0.3) is 0 Å². The summed E-state index contributed by atoms with van der Waals surface area (Å²) >= 11 is 0. The Bertz CT molecular complexity index is 488. The number of amides is 1. The largest absolute Gasteiger partial charge is 0.333 e. The van der Waals surface area contributed by atoms with E-state index in [1.807, 2.05) is 4.90 Å². The van der Waals surface area contributed by atoms with E-state index in [4.69, 9.17) is 0 Å². The van der Waals surface area contributed by atoms with Crippen molar-refractivity contribution in [3.63, 3.8) is 0 Å². The molecular formula is C16H21FN2O. The monoisotopic (exact) mass is 276 g/mol. The molecular weight excluding hydrogens is 255 g/mol. The highest BCUT2D eigenvalue weighted by atomic mass is 19.1. The second-order valence-corrected chi connectivity index (χ2v) is 5.96. The lowest BCUT2D eigenvalue weighted by molar-refractivity contribution is 0.0151.